The van der Waals surface area contributed by atoms with E-state index in [1.54, 1.807) is 0 Å². The van der Waals surface area contributed by atoms with Gasteiger partial charge in [0.05, 0.1) is 0 Å². The van der Waals surface area contributed by atoms with Gasteiger partial charge in [0.2, 0.25) is 0 Å². The molecule has 1 heterocycles. The van der Waals surface area contributed by atoms with Gasteiger partial charge in [-0.1, -0.05) is 0 Å². The van der Waals surface area contributed by atoms with Crippen molar-refractivity contribution in [2.75, 3.05) is 12.4 Å². The van der Waals surface area contributed by atoms with Crippen molar-refractivity contribution in [2.45, 2.75) is 19.4 Å². The first-order valence-electron chi connectivity index (χ1n) is 2.96. The highest BCUT2D eigenvalue weighted by molar-refractivity contribution is 7.80. The second kappa shape index (κ2) is 2.21. The molecule has 0 aliphatic carbocycles. The fourth-order valence-corrected chi connectivity index (χ4v) is 0.948. The average molecular weight is 145 g/mol. The van der Waals surface area contributed by atoms with Crippen molar-refractivity contribution in [1.29, 1.82) is 0 Å². The van der Waals surface area contributed by atoms with E-state index in [2.05, 4.69) is 17.6 Å². The number of hydrogen-bond donors (Lipinski definition) is 1. The lowest BCUT2D eigenvalue weighted by atomic mass is 10.1. The molecule has 0 fully saturated rings. The predicted octanol–water partition coefficient (Wildman–Crippen LogP) is 1.12. The summed E-state index contributed by atoms with van der Waals surface area (Å²) >= 11 is 4.15. The van der Waals surface area contributed by atoms with E-state index < -0.39 is 0 Å². The van der Waals surface area contributed by atoms with Crippen LogP contribution < -0.4 is 0 Å². The molecule has 1 rings (SSSR count). The lowest BCUT2D eigenvalue weighted by Crippen LogP contribution is -2.25. The van der Waals surface area contributed by atoms with E-state index in [1.165, 1.54) is 0 Å². The molecule has 0 aromatic carbocycles. The minimum Gasteiger partial charge on any atom is -0.479 e. The van der Waals surface area contributed by atoms with E-state index >= 15 is 0 Å². The van der Waals surface area contributed by atoms with E-state index in [9.17, 15) is 0 Å². The van der Waals surface area contributed by atoms with Crippen LogP contribution in [0, 0.1) is 0 Å². The molecule has 0 amide bonds. The van der Waals surface area contributed by atoms with E-state index in [-0.39, 0.29) is 5.54 Å². The van der Waals surface area contributed by atoms with Gasteiger partial charge in [-0.15, -0.1) is 0 Å². The molecule has 1 aliphatic rings. The lowest BCUT2D eigenvalue weighted by molar-refractivity contribution is 0.280. The summed E-state index contributed by atoms with van der Waals surface area (Å²) in [4.78, 5) is 4.26. The van der Waals surface area contributed by atoms with Crippen LogP contribution in [0.4, 0.5) is 0 Å². The van der Waals surface area contributed by atoms with E-state index in [0.717, 1.165) is 11.7 Å². The fraction of sp³-hybridized carbons (Fsp3) is 0.833. The molecule has 0 spiro atoms. The van der Waals surface area contributed by atoms with Crippen molar-refractivity contribution >= 4 is 18.5 Å². The van der Waals surface area contributed by atoms with Crippen molar-refractivity contribution in [3.8, 4) is 0 Å². The molecule has 0 bridgehead atoms. The van der Waals surface area contributed by atoms with Gasteiger partial charge in [-0.05, 0) is 6.92 Å². The first-order chi connectivity index (χ1) is 4.16. The third-order valence-corrected chi connectivity index (χ3v) is 2.04. The van der Waals surface area contributed by atoms with Crippen LogP contribution in [-0.2, 0) is 4.74 Å². The Kier molecular flexibility index (Phi) is 1.70. The molecule has 1 aliphatic heterocycles. The Labute approximate surface area is 60.7 Å². The highest BCUT2D eigenvalue weighted by Gasteiger charge is 2.27. The van der Waals surface area contributed by atoms with Crippen LogP contribution in [0.2, 0.25) is 0 Å². The van der Waals surface area contributed by atoms with Gasteiger partial charge in [0.1, 0.15) is 12.1 Å². The number of nitrogens with zero attached hydrogens (tertiary/aromatic N) is 1. The van der Waals surface area contributed by atoms with Crippen LogP contribution in [0.15, 0.2) is 4.99 Å². The summed E-state index contributed by atoms with van der Waals surface area (Å²) in [6, 6.07) is 0. The van der Waals surface area contributed by atoms with Gasteiger partial charge >= 0.3 is 0 Å². The molecule has 3 heteroatoms. The highest BCUT2D eigenvalue weighted by Crippen LogP contribution is 2.18. The average Bonchev–Trinajstić information content (AvgIpc) is 2.13. The lowest BCUT2D eigenvalue weighted by Gasteiger charge is -2.13. The Morgan fingerprint density at radius 2 is 2.56 bits per heavy atom. The molecule has 0 aromatic heterocycles. The molecule has 0 aromatic rings. The molecule has 52 valence electrons. The Balaban J connectivity index is 2.64. The maximum atomic E-state index is 5.16. The SMILES string of the molecule is CC1=NC(C)(CS)CO1. The third-order valence-electron chi connectivity index (χ3n) is 1.36. The zero-order valence-corrected chi connectivity index (χ0v) is 6.61. The number of thiol groups is 1. The van der Waals surface area contributed by atoms with Gasteiger partial charge in [-0.3, -0.25) is 0 Å². The summed E-state index contributed by atoms with van der Waals surface area (Å²) in [5.41, 5.74) is -0.0623. The normalized spacial score (nSPS) is 33.9. The van der Waals surface area contributed by atoms with Gasteiger partial charge < -0.3 is 4.74 Å². The third kappa shape index (κ3) is 1.39. The fourth-order valence-electron chi connectivity index (χ4n) is 0.786. The smallest absolute Gasteiger partial charge is 0.180 e. The van der Waals surface area contributed by atoms with Crippen molar-refractivity contribution in [3.05, 3.63) is 0 Å². The topological polar surface area (TPSA) is 21.6 Å². The summed E-state index contributed by atoms with van der Waals surface area (Å²) in [6.45, 7) is 4.59. The van der Waals surface area contributed by atoms with E-state index in [0.29, 0.717) is 6.61 Å². The van der Waals surface area contributed by atoms with Crippen LogP contribution in [0.3, 0.4) is 0 Å². The summed E-state index contributed by atoms with van der Waals surface area (Å²) in [7, 11) is 0. The van der Waals surface area contributed by atoms with Crippen molar-refractivity contribution < 1.29 is 4.74 Å². The quantitative estimate of drug-likeness (QED) is 0.549. The van der Waals surface area contributed by atoms with E-state index in [1.807, 2.05) is 13.8 Å². The summed E-state index contributed by atoms with van der Waals surface area (Å²) < 4.78 is 5.16. The number of aliphatic imine (C=N–C) groups is 1. The first kappa shape index (κ1) is 6.93. The highest BCUT2D eigenvalue weighted by atomic mass is 32.1. The number of rotatable bonds is 1. The molecule has 9 heavy (non-hydrogen) atoms. The van der Waals surface area contributed by atoms with Gasteiger partial charge in [0, 0.05) is 12.7 Å². The van der Waals surface area contributed by atoms with Gasteiger partial charge in [0.25, 0.3) is 0 Å². The van der Waals surface area contributed by atoms with Crippen LogP contribution in [0.25, 0.3) is 0 Å². The Bertz CT molecular complexity index is 146. The second-order valence-corrected chi connectivity index (χ2v) is 2.89. The minimum atomic E-state index is -0.0623. The number of ether oxygens (including phenoxy) is 1. The monoisotopic (exact) mass is 145 g/mol. The molecule has 2 nitrogen and oxygen atoms in total. The molecular formula is C6H11NOS. The standard InChI is InChI=1S/C6H11NOS/c1-5-7-6(2,4-9)3-8-5/h9H,3-4H2,1-2H3. The van der Waals surface area contributed by atoms with Crippen molar-refractivity contribution in [2.24, 2.45) is 4.99 Å². The van der Waals surface area contributed by atoms with E-state index in [4.69, 9.17) is 4.74 Å². The zero-order valence-electron chi connectivity index (χ0n) is 5.72. The van der Waals surface area contributed by atoms with Crippen LogP contribution in [0.1, 0.15) is 13.8 Å². The molecule has 0 radical (unpaired) electrons. The van der Waals surface area contributed by atoms with Gasteiger partial charge in [0.15, 0.2) is 5.90 Å². The zero-order chi connectivity index (χ0) is 6.91. The van der Waals surface area contributed by atoms with Gasteiger partial charge in [-0.2, -0.15) is 12.6 Å². The number of hydrogen-bond acceptors (Lipinski definition) is 3. The summed E-state index contributed by atoms with van der Waals surface area (Å²) in [5, 5.41) is 0. The Morgan fingerprint density at radius 3 is 2.78 bits per heavy atom. The minimum absolute atomic E-state index is 0.0623. The van der Waals surface area contributed by atoms with Gasteiger partial charge in [-0.25, -0.2) is 4.99 Å². The largest absolute Gasteiger partial charge is 0.479 e. The van der Waals surface area contributed by atoms with Crippen LogP contribution in [-0.4, -0.2) is 23.8 Å². The maximum absolute atomic E-state index is 5.16. The second-order valence-electron chi connectivity index (χ2n) is 2.57. The molecule has 0 N–H and O–H groups in total. The predicted molar refractivity (Wildman–Crippen MR) is 41.3 cm³/mol. The van der Waals surface area contributed by atoms with Crippen molar-refractivity contribution in [3.63, 3.8) is 0 Å². The molecular weight excluding hydrogens is 134 g/mol. The van der Waals surface area contributed by atoms with Crippen molar-refractivity contribution in [1.82, 2.24) is 0 Å². The molecule has 1 unspecified atom stereocenters. The summed E-state index contributed by atoms with van der Waals surface area (Å²) in [5.74, 6) is 1.54. The molecule has 0 saturated heterocycles. The Morgan fingerprint density at radius 1 is 1.89 bits per heavy atom. The molecule has 0 saturated carbocycles. The Hall–Kier alpha value is -0.180. The van der Waals surface area contributed by atoms with Crippen LogP contribution >= 0.6 is 12.6 Å². The molecule has 1 atom stereocenters. The van der Waals surface area contributed by atoms with Crippen LogP contribution in [0.5, 0.6) is 0 Å². The summed E-state index contributed by atoms with van der Waals surface area (Å²) in [6.07, 6.45) is 0. The maximum Gasteiger partial charge on any atom is 0.180 e. The first-order valence-corrected chi connectivity index (χ1v) is 3.60.